The minimum absolute atomic E-state index is 0.791. The third-order valence-corrected chi connectivity index (χ3v) is 1.75. The first-order valence-electron chi connectivity index (χ1n) is 4.00. The number of allylic oxidation sites excluding steroid dienone is 1. The zero-order valence-corrected chi connectivity index (χ0v) is 7.91. The van der Waals surface area contributed by atoms with Crippen molar-refractivity contribution in [1.82, 2.24) is 0 Å². The molecule has 0 N–H and O–H groups in total. The highest BCUT2D eigenvalue weighted by molar-refractivity contribution is 5.64. The maximum absolute atomic E-state index is 5.18. The Labute approximate surface area is 78.8 Å². The Kier molecular flexibility index (Phi) is 3.38. The standard InChI is InChI=1S/C11H13O2/c1-4-6-9-10(12-2)7-5-8-11(9)13-3/h4-8H,1H2,2-3H3/b6-4+. The van der Waals surface area contributed by atoms with E-state index in [0.29, 0.717) is 0 Å². The van der Waals surface area contributed by atoms with E-state index in [2.05, 4.69) is 6.92 Å². The summed E-state index contributed by atoms with van der Waals surface area (Å²) in [4.78, 5) is 0. The molecule has 0 saturated heterocycles. The molecule has 0 heterocycles. The smallest absolute Gasteiger partial charge is 0.129 e. The van der Waals surface area contributed by atoms with E-state index in [0.717, 1.165) is 17.1 Å². The van der Waals surface area contributed by atoms with E-state index in [1.54, 1.807) is 20.3 Å². The van der Waals surface area contributed by atoms with E-state index >= 15 is 0 Å². The van der Waals surface area contributed by atoms with Gasteiger partial charge in [0.05, 0.1) is 19.8 Å². The Balaban J connectivity index is 3.21. The van der Waals surface area contributed by atoms with Crippen LogP contribution in [0.3, 0.4) is 0 Å². The highest BCUT2D eigenvalue weighted by Crippen LogP contribution is 2.29. The summed E-state index contributed by atoms with van der Waals surface area (Å²) in [5.74, 6) is 1.58. The first-order valence-corrected chi connectivity index (χ1v) is 4.00. The molecule has 0 fully saturated rings. The molecular weight excluding hydrogens is 164 g/mol. The molecule has 69 valence electrons. The fraction of sp³-hybridized carbons (Fsp3) is 0.182. The summed E-state index contributed by atoms with van der Waals surface area (Å²) < 4.78 is 10.4. The molecule has 0 aromatic heterocycles. The van der Waals surface area contributed by atoms with Gasteiger partial charge in [-0.1, -0.05) is 18.2 Å². The van der Waals surface area contributed by atoms with Gasteiger partial charge in [-0.25, -0.2) is 0 Å². The van der Waals surface area contributed by atoms with Gasteiger partial charge < -0.3 is 9.47 Å². The predicted octanol–water partition coefficient (Wildman–Crippen LogP) is 2.55. The highest BCUT2D eigenvalue weighted by atomic mass is 16.5. The van der Waals surface area contributed by atoms with Crippen molar-refractivity contribution in [2.45, 2.75) is 0 Å². The summed E-state index contributed by atoms with van der Waals surface area (Å²) in [6.07, 6.45) is 3.57. The van der Waals surface area contributed by atoms with Gasteiger partial charge in [0.15, 0.2) is 0 Å². The lowest BCUT2D eigenvalue weighted by Gasteiger charge is -2.08. The molecule has 2 nitrogen and oxygen atoms in total. The molecule has 0 aliphatic carbocycles. The quantitative estimate of drug-likeness (QED) is 0.706. The summed E-state index contributed by atoms with van der Waals surface area (Å²) in [6, 6.07) is 5.66. The molecule has 0 aliphatic heterocycles. The Morgan fingerprint density at radius 1 is 1.15 bits per heavy atom. The molecule has 1 rings (SSSR count). The summed E-state index contributed by atoms with van der Waals surface area (Å²) in [7, 11) is 3.27. The van der Waals surface area contributed by atoms with Crippen LogP contribution in [0, 0.1) is 6.92 Å². The first-order chi connectivity index (χ1) is 6.33. The Morgan fingerprint density at radius 2 is 1.69 bits per heavy atom. The number of hydrogen-bond acceptors (Lipinski definition) is 2. The fourth-order valence-electron chi connectivity index (χ4n) is 1.16. The van der Waals surface area contributed by atoms with Crippen molar-refractivity contribution in [3.63, 3.8) is 0 Å². The van der Waals surface area contributed by atoms with Gasteiger partial charge in [0.25, 0.3) is 0 Å². The van der Waals surface area contributed by atoms with Crippen LogP contribution in [0.5, 0.6) is 11.5 Å². The second-order valence-electron chi connectivity index (χ2n) is 2.48. The third kappa shape index (κ3) is 2.02. The average molecular weight is 177 g/mol. The lowest BCUT2D eigenvalue weighted by molar-refractivity contribution is 0.392. The number of hydrogen-bond donors (Lipinski definition) is 0. The maximum Gasteiger partial charge on any atom is 0.129 e. The fourth-order valence-corrected chi connectivity index (χ4v) is 1.16. The van der Waals surface area contributed by atoms with Crippen LogP contribution < -0.4 is 9.47 Å². The van der Waals surface area contributed by atoms with Gasteiger partial charge in [-0.3, -0.25) is 0 Å². The lowest BCUT2D eigenvalue weighted by atomic mass is 10.1. The van der Waals surface area contributed by atoms with Crippen LogP contribution in [0.25, 0.3) is 6.08 Å². The Morgan fingerprint density at radius 3 is 2.08 bits per heavy atom. The van der Waals surface area contributed by atoms with Crippen molar-refractivity contribution in [2.75, 3.05) is 14.2 Å². The number of methoxy groups -OCH3 is 2. The summed E-state index contributed by atoms with van der Waals surface area (Å²) in [5.41, 5.74) is 0.919. The number of benzene rings is 1. The van der Waals surface area contributed by atoms with E-state index in [9.17, 15) is 0 Å². The van der Waals surface area contributed by atoms with Crippen molar-refractivity contribution >= 4 is 6.08 Å². The van der Waals surface area contributed by atoms with E-state index in [4.69, 9.17) is 9.47 Å². The van der Waals surface area contributed by atoms with Crippen molar-refractivity contribution in [2.24, 2.45) is 0 Å². The van der Waals surface area contributed by atoms with Crippen LogP contribution in [0.2, 0.25) is 0 Å². The summed E-state index contributed by atoms with van der Waals surface area (Å²) in [5, 5.41) is 0. The van der Waals surface area contributed by atoms with E-state index < -0.39 is 0 Å². The van der Waals surface area contributed by atoms with Crippen LogP contribution >= 0.6 is 0 Å². The molecule has 13 heavy (non-hydrogen) atoms. The maximum atomic E-state index is 5.18. The molecule has 0 aliphatic rings. The van der Waals surface area contributed by atoms with Crippen LogP contribution in [0.1, 0.15) is 5.56 Å². The van der Waals surface area contributed by atoms with Gasteiger partial charge in [-0.15, -0.1) is 0 Å². The normalized spacial score (nSPS) is 10.4. The Hall–Kier alpha value is -1.44. The van der Waals surface area contributed by atoms with E-state index in [1.807, 2.05) is 24.3 Å². The average Bonchev–Trinajstić information content (AvgIpc) is 2.18. The molecule has 1 aromatic carbocycles. The minimum Gasteiger partial charge on any atom is -0.496 e. The van der Waals surface area contributed by atoms with Gasteiger partial charge in [0.2, 0.25) is 0 Å². The molecule has 0 bridgehead atoms. The minimum atomic E-state index is 0.791. The molecule has 0 amide bonds. The molecule has 1 aromatic rings. The molecule has 0 spiro atoms. The van der Waals surface area contributed by atoms with Crippen molar-refractivity contribution in [3.05, 3.63) is 36.8 Å². The van der Waals surface area contributed by atoms with Gasteiger partial charge >= 0.3 is 0 Å². The molecule has 0 atom stereocenters. The van der Waals surface area contributed by atoms with Gasteiger partial charge in [-0.2, -0.15) is 0 Å². The number of rotatable bonds is 3. The molecule has 0 saturated carbocycles. The van der Waals surface area contributed by atoms with Gasteiger partial charge in [0, 0.05) is 0 Å². The van der Waals surface area contributed by atoms with Gasteiger partial charge in [0.1, 0.15) is 11.5 Å². The predicted molar refractivity (Wildman–Crippen MR) is 53.9 cm³/mol. The SMILES string of the molecule is [CH2]/C=C/c1c(OC)cccc1OC. The largest absolute Gasteiger partial charge is 0.496 e. The highest BCUT2D eigenvalue weighted by Gasteiger charge is 2.04. The number of ether oxygens (including phenoxy) is 2. The summed E-state index contributed by atoms with van der Waals surface area (Å²) in [6.45, 7) is 3.64. The topological polar surface area (TPSA) is 18.5 Å². The van der Waals surface area contributed by atoms with Crippen molar-refractivity contribution in [1.29, 1.82) is 0 Å². The zero-order chi connectivity index (χ0) is 9.68. The van der Waals surface area contributed by atoms with Crippen LogP contribution in [0.4, 0.5) is 0 Å². The molecule has 2 heteroatoms. The second kappa shape index (κ2) is 4.55. The monoisotopic (exact) mass is 177 g/mol. The lowest BCUT2D eigenvalue weighted by Crippen LogP contribution is -1.91. The van der Waals surface area contributed by atoms with Crippen LogP contribution in [0.15, 0.2) is 24.3 Å². The first kappa shape index (κ1) is 9.65. The molecular formula is C11H13O2. The van der Waals surface area contributed by atoms with Crippen LogP contribution in [-0.2, 0) is 0 Å². The van der Waals surface area contributed by atoms with E-state index in [1.165, 1.54) is 0 Å². The van der Waals surface area contributed by atoms with Gasteiger partial charge in [-0.05, 0) is 19.1 Å². The summed E-state index contributed by atoms with van der Waals surface area (Å²) >= 11 is 0. The van der Waals surface area contributed by atoms with Crippen molar-refractivity contribution < 1.29 is 9.47 Å². The third-order valence-electron chi connectivity index (χ3n) is 1.75. The second-order valence-corrected chi connectivity index (χ2v) is 2.48. The van der Waals surface area contributed by atoms with Crippen LogP contribution in [-0.4, -0.2) is 14.2 Å². The Bertz CT molecular complexity index is 281. The molecule has 1 radical (unpaired) electrons. The molecule has 0 unspecified atom stereocenters. The van der Waals surface area contributed by atoms with E-state index in [-0.39, 0.29) is 0 Å². The van der Waals surface area contributed by atoms with Crippen molar-refractivity contribution in [3.8, 4) is 11.5 Å². The zero-order valence-electron chi connectivity index (χ0n) is 7.91.